The van der Waals surface area contributed by atoms with Crippen molar-refractivity contribution in [3.63, 3.8) is 0 Å². The second kappa shape index (κ2) is 8.20. The third-order valence-corrected chi connectivity index (χ3v) is 9.67. The molecule has 1 N–H and O–H groups in total. The topological polar surface area (TPSA) is 29.5 Å². The van der Waals surface area contributed by atoms with Crippen LogP contribution in [0.5, 0.6) is 0 Å². The molecule has 0 bridgehead atoms. The third kappa shape index (κ3) is 6.00. The highest BCUT2D eigenvalue weighted by Crippen LogP contribution is 2.21. The quantitative estimate of drug-likeness (QED) is 0.617. The minimum atomic E-state index is -1.57. The van der Waals surface area contributed by atoms with Crippen molar-refractivity contribution in [1.29, 1.82) is 0 Å². The minimum Gasteiger partial charge on any atom is -0.388 e. The molecule has 120 valence electrons. The minimum absolute atomic E-state index is 0.726. The van der Waals surface area contributed by atoms with Crippen LogP contribution >= 0.6 is 0 Å². The van der Waals surface area contributed by atoms with Crippen LogP contribution in [-0.4, -0.2) is 40.1 Å². The molecule has 2 atom stereocenters. The Labute approximate surface area is 133 Å². The Kier molecular flexibility index (Phi) is 7.99. The van der Waals surface area contributed by atoms with E-state index in [-0.39, 0.29) is 0 Å². The van der Waals surface area contributed by atoms with Crippen LogP contribution in [0.4, 0.5) is 0 Å². The van der Waals surface area contributed by atoms with E-state index >= 15 is 0 Å². The van der Waals surface area contributed by atoms with E-state index in [0.29, 0.717) is 0 Å². The molecular formula is C17H32O2Si2. The summed E-state index contributed by atoms with van der Waals surface area (Å²) < 4.78 is 5.57. The smallest absolute Gasteiger partial charge is 0.214 e. The standard InChI is InChI=1S/C17H32O2Si2/c1-9-21(10-2,11-3)15-13-17(19-5,16(4)18)12-14-20(6,7)8/h16,18H,9-11H2,1-8H3/t16-,17+/m0/s1. The molecule has 2 nitrogen and oxygen atoms in total. The summed E-state index contributed by atoms with van der Waals surface area (Å²) in [4.78, 5) is 0. The first-order chi connectivity index (χ1) is 9.60. The van der Waals surface area contributed by atoms with Gasteiger partial charge in [-0.3, -0.25) is 0 Å². The summed E-state index contributed by atoms with van der Waals surface area (Å²) in [7, 11) is -1.52. The van der Waals surface area contributed by atoms with Crippen molar-refractivity contribution in [2.75, 3.05) is 7.11 Å². The lowest BCUT2D eigenvalue weighted by atomic mass is 10.0. The van der Waals surface area contributed by atoms with Crippen molar-refractivity contribution in [2.45, 2.75) is 77.2 Å². The first kappa shape index (κ1) is 20.5. The van der Waals surface area contributed by atoms with Gasteiger partial charge in [-0.2, -0.15) is 0 Å². The van der Waals surface area contributed by atoms with Gasteiger partial charge >= 0.3 is 0 Å². The molecule has 0 amide bonds. The van der Waals surface area contributed by atoms with E-state index in [1.165, 1.54) is 0 Å². The summed E-state index contributed by atoms with van der Waals surface area (Å²) in [5, 5.41) is 10.2. The SMILES string of the molecule is CC[Si](C#C[C@@](C#C[Si](C)(C)C)(OC)[C@H](C)O)(CC)CC. The summed E-state index contributed by atoms with van der Waals surface area (Å²) >= 11 is 0. The van der Waals surface area contributed by atoms with Crippen LogP contribution < -0.4 is 0 Å². The molecule has 21 heavy (non-hydrogen) atoms. The monoisotopic (exact) mass is 324 g/mol. The predicted octanol–water partition coefficient (Wildman–Crippen LogP) is 3.68. The fraction of sp³-hybridized carbons (Fsp3) is 0.765. The van der Waals surface area contributed by atoms with E-state index in [1.54, 1.807) is 14.0 Å². The molecule has 0 spiro atoms. The maximum Gasteiger partial charge on any atom is 0.214 e. The van der Waals surface area contributed by atoms with Crippen LogP contribution in [0.1, 0.15) is 27.7 Å². The van der Waals surface area contributed by atoms with Gasteiger partial charge in [0.15, 0.2) is 0 Å². The molecule has 0 aromatic carbocycles. The molecule has 0 radical (unpaired) electrons. The van der Waals surface area contributed by atoms with Crippen molar-refractivity contribution < 1.29 is 9.84 Å². The average Bonchev–Trinajstić information content (AvgIpc) is 2.43. The Balaban J connectivity index is 5.82. The third-order valence-electron chi connectivity index (χ3n) is 4.08. The first-order valence-corrected chi connectivity index (χ1v) is 14.0. The maximum absolute atomic E-state index is 10.2. The lowest BCUT2D eigenvalue weighted by Gasteiger charge is -2.27. The molecule has 0 saturated heterocycles. The van der Waals surface area contributed by atoms with E-state index in [2.05, 4.69) is 63.3 Å². The number of aliphatic hydroxyl groups excluding tert-OH is 1. The molecule has 0 unspecified atom stereocenters. The van der Waals surface area contributed by atoms with Crippen molar-refractivity contribution in [2.24, 2.45) is 0 Å². The normalized spacial score (nSPS) is 16.0. The van der Waals surface area contributed by atoms with Gasteiger partial charge in [-0.1, -0.05) is 52.3 Å². The van der Waals surface area contributed by atoms with Gasteiger partial charge in [0.25, 0.3) is 0 Å². The highest BCUT2D eigenvalue weighted by Gasteiger charge is 2.33. The zero-order chi connectivity index (χ0) is 16.7. The van der Waals surface area contributed by atoms with Crippen LogP contribution in [0.3, 0.4) is 0 Å². The molecule has 0 rings (SSSR count). The molecule has 0 saturated carbocycles. The van der Waals surface area contributed by atoms with E-state index in [1.807, 2.05) is 0 Å². The van der Waals surface area contributed by atoms with Crippen molar-refractivity contribution >= 4 is 16.1 Å². The number of hydrogen-bond donors (Lipinski definition) is 1. The largest absolute Gasteiger partial charge is 0.388 e. The second-order valence-electron chi connectivity index (χ2n) is 6.71. The van der Waals surface area contributed by atoms with Crippen LogP contribution in [0.15, 0.2) is 0 Å². The average molecular weight is 325 g/mol. The van der Waals surface area contributed by atoms with Crippen molar-refractivity contribution in [1.82, 2.24) is 0 Å². The summed E-state index contributed by atoms with van der Waals surface area (Å²) in [6, 6.07) is 3.40. The molecule has 0 aliphatic carbocycles. The number of methoxy groups -OCH3 is 1. The molecule has 4 heteroatoms. The maximum atomic E-state index is 10.2. The highest BCUT2D eigenvalue weighted by molar-refractivity contribution is 6.87. The first-order valence-electron chi connectivity index (χ1n) is 7.92. The summed E-state index contributed by atoms with van der Waals surface area (Å²) in [5.41, 5.74) is 5.77. The van der Waals surface area contributed by atoms with E-state index in [0.717, 1.165) is 18.1 Å². The van der Waals surface area contributed by atoms with Crippen LogP contribution in [-0.2, 0) is 4.74 Å². The van der Waals surface area contributed by atoms with Gasteiger partial charge in [-0.15, -0.1) is 11.1 Å². The number of ether oxygens (including phenoxy) is 1. The molecule has 0 aliphatic rings. The zero-order valence-electron chi connectivity index (χ0n) is 15.1. The Morgan fingerprint density at radius 3 is 1.71 bits per heavy atom. The van der Waals surface area contributed by atoms with Gasteiger partial charge in [0.1, 0.15) is 22.3 Å². The van der Waals surface area contributed by atoms with Gasteiger partial charge in [0, 0.05) is 7.11 Å². The number of rotatable bonds is 5. The molecular weight excluding hydrogens is 292 g/mol. The number of hydrogen-bond acceptors (Lipinski definition) is 2. The second-order valence-corrected chi connectivity index (χ2v) is 16.4. The summed E-state index contributed by atoms with van der Waals surface area (Å²) in [5.74, 6) is 6.39. The van der Waals surface area contributed by atoms with Crippen molar-refractivity contribution in [3.8, 4) is 22.9 Å². The van der Waals surface area contributed by atoms with Crippen LogP contribution in [0.25, 0.3) is 0 Å². The summed E-state index contributed by atoms with van der Waals surface area (Å²) in [6.45, 7) is 14.9. The Hall–Kier alpha value is -0.526. The number of aliphatic hydroxyl groups is 1. The highest BCUT2D eigenvalue weighted by atomic mass is 28.3. The van der Waals surface area contributed by atoms with Gasteiger partial charge in [0.05, 0.1) is 0 Å². The lowest BCUT2D eigenvalue weighted by molar-refractivity contribution is -0.0136. The van der Waals surface area contributed by atoms with Crippen LogP contribution in [0, 0.1) is 22.9 Å². The fourth-order valence-electron chi connectivity index (χ4n) is 2.03. The van der Waals surface area contributed by atoms with E-state index in [4.69, 9.17) is 4.74 Å². The van der Waals surface area contributed by atoms with Gasteiger partial charge < -0.3 is 9.84 Å². The fourth-order valence-corrected chi connectivity index (χ4v) is 5.08. The lowest BCUT2D eigenvalue weighted by Crippen LogP contribution is -2.42. The molecule has 0 aliphatic heterocycles. The Morgan fingerprint density at radius 2 is 1.43 bits per heavy atom. The van der Waals surface area contributed by atoms with Crippen molar-refractivity contribution in [3.05, 3.63) is 0 Å². The molecule has 0 aromatic heterocycles. The predicted molar refractivity (Wildman–Crippen MR) is 97.5 cm³/mol. The molecule has 0 fully saturated rings. The van der Waals surface area contributed by atoms with E-state index in [9.17, 15) is 5.11 Å². The Morgan fingerprint density at radius 1 is 1.00 bits per heavy atom. The van der Waals surface area contributed by atoms with Gasteiger partial charge in [0.2, 0.25) is 5.60 Å². The van der Waals surface area contributed by atoms with Gasteiger partial charge in [-0.05, 0) is 25.1 Å². The molecule has 0 heterocycles. The van der Waals surface area contributed by atoms with Crippen LogP contribution in [0.2, 0.25) is 37.8 Å². The zero-order valence-corrected chi connectivity index (χ0v) is 17.1. The van der Waals surface area contributed by atoms with E-state index < -0.39 is 27.9 Å². The molecule has 0 aromatic rings. The Bertz CT molecular complexity index is 431. The van der Waals surface area contributed by atoms with Gasteiger partial charge in [-0.25, -0.2) is 0 Å². The summed E-state index contributed by atoms with van der Waals surface area (Å²) in [6.07, 6.45) is -0.726.